The van der Waals surface area contributed by atoms with E-state index in [0.29, 0.717) is 0 Å². The number of aromatic amines is 1. The summed E-state index contributed by atoms with van der Waals surface area (Å²) in [7, 11) is 0. The van der Waals surface area contributed by atoms with Gasteiger partial charge in [-0.05, 0) is 32.8 Å². The van der Waals surface area contributed by atoms with Crippen LogP contribution in [-0.2, 0) is 28.5 Å². The van der Waals surface area contributed by atoms with Crippen LogP contribution in [0.15, 0.2) is 38.9 Å². The van der Waals surface area contributed by atoms with E-state index in [1.165, 1.54) is 33.7 Å². The van der Waals surface area contributed by atoms with Gasteiger partial charge in [0.2, 0.25) is 0 Å². The molecule has 7 atom stereocenters. The molecular weight excluding hydrogens is 714 g/mol. The van der Waals surface area contributed by atoms with Crippen molar-refractivity contribution in [2.24, 2.45) is 22.2 Å². The largest absolute Gasteiger partial charge is 0.459 e. The van der Waals surface area contributed by atoms with E-state index in [9.17, 15) is 34.2 Å². The van der Waals surface area contributed by atoms with Crippen LogP contribution in [0.2, 0.25) is 0 Å². The van der Waals surface area contributed by atoms with Crippen LogP contribution < -0.4 is 22.7 Å². The number of unbranched alkanes of at least 4 members (excludes halogenated alkanes) is 4. The van der Waals surface area contributed by atoms with Crippen LogP contribution in [0.25, 0.3) is 0 Å². The lowest BCUT2D eigenvalue weighted by atomic mass is 9.83. The fraction of sp³-hybridized carbons (Fsp3) is 0.744. The molecule has 4 rings (SSSR count). The Hall–Kier alpha value is -3.86. The summed E-state index contributed by atoms with van der Waals surface area (Å²) in [5.74, 6) is -0.790. The topological polar surface area (TPSA) is 227 Å². The molecular formula is C39H63N5O11. The van der Waals surface area contributed by atoms with E-state index < -0.39 is 70.1 Å². The molecule has 0 aromatic carbocycles. The molecule has 3 unspecified atom stereocenters. The van der Waals surface area contributed by atoms with E-state index in [-0.39, 0.29) is 36.9 Å². The highest BCUT2D eigenvalue weighted by Crippen LogP contribution is 2.47. The number of ether oxygens (including phenoxy) is 4. The molecule has 0 radical (unpaired) electrons. The van der Waals surface area contributed by atoms with E-state index >= 15 is 0 Å². The first-order chi connectivity index (χ1) is 25.8. The van der Waals surface area contributed by atoms with Gasteiger partial charge in [-0.2, -0.15) is 4.98 Å². The molecule has 0 bridgehead atoms. The van der Waals surface area contributed by atoms with Gasteiger partial charge in [-0.15, -0.1) is 0 Å². The predicted molar refractivity (Wildman–Crippen MR) is 205 cm³/mol. The number of carbonyl (C=O) groups excluding carboxylic acids is 2. The summed E-state index contributed by atoms with van der Waals surface area (Å²) in [4.78, 5) is 67.0. The van der Waals surface area contributed by atoms with Gasteiger partial charge < -0.3 is 34.9 Å². The molecule has 2 saturated heterocycles. The van der Waals surface area contributed by atoms with E-state index in [1.54, 1.807) is 0 Å². The summed E-state index contributed by atoms with van der Waals surface area (Å²) in [5, 5.41) is 19.5. The number of esters is 2. The molecule has 2 aromatic rings. The molecule has 2 fully saturated rings. The fourth-order valence-electron chi connectivity index (χ4n) is 7.11. The number of hydrogen-bond donors (Lipinski definition) is 4. The molecule has 310 valence electrons. The maximum absolute atomic E-state index is 12.9. The van der Waals surface area contributed by atoms with Crippen LogP contribution in [0.3, 0.4) is 0 Å². The van der Waals surface area contributed by atoms with Gasteiger partial charge in [0.15, 0.2) is 0 Å². The number of nitrogens with zero attached hydrogens (tertiary/aromatic N) is 3. The van der Waals surface area contributed by atoms with Crippen molar-refractivity contribution in [2.45, 2.75) is 151 Å². The SMILES string of the molecule is CCCCCC(C)(C)C(=O)OC1[C@@H](CO)O[C@@H](n2ccc(N)nc2=O)C1(C)C.CCCCCC(C)C(=O)OC1[C@@H](CO)O[C@@H](n2ccc(=O)[nH]c2=O)C1(C)C. The monoisotopic (exact) mass is 777 g/mol. The van der Waals surface area contributed by atoms with Crippen molar-refractivity contribution in [3.8, 4) is 0 Å². The Morgan fingerprint density at radius 3 is 1.95 bits per heavy atom. The summed E-state index contributed by atoms with van der Waals surface area (Å²) in [5.41, 5.74) is 1.71. The van der Waals surface area contributed by atoms with Crippen molar-refractivity contribution < 1.29 is 38.7 Å². The number of rotatable bonds is 16. The second-order valence-electron chi connectivity index (χ2n) is 16.5. The van der Waals surface area contributed by atoms with E-state index in [0.717, 1.165) is 51.4 Å². The minimum atomic E-state index is -0.785. The average molecular weight is 778 g/mol. The maximum atomic E-state index is 12.9. The van der Waals surface area contributed by atoms with Gasteiger partial charge in [-0.25, -0.2) is 9.59 Å². The lowest BCUT2D eigenvalue weighted by Gasteiger charge is -2.33. The molecule has 0 amide bonds. The van der Waals surface area contributed by atoms with Crippen molar-refractivity contribution in [1.82, 2.24) is 19.1 Å². The van der Waals surface area contributed by atoms with Crippen LogP contribution >= 0.6 is 0 Å². The van der Waals surface area contributed by atoms with Gasteiger partial charge in [0, 0.05) is 29.3 Å². The average Bonchev–Trinajstić information content (AvgIpc) is 3.51. The Bertz CT molecular complexity index is 1750. The minimum Gasteiger partial charge on any atom is -0.459 e. The van der Waals surface area contributed by atoms with Crippen molar-refractivity contribution in [3.05, 3.63) is 55.8 Å². The standard InChI is InChI=1S/C20H33N3O5.C19H30N2O6/c1-6-7-8-10-19(2,3)17(25)28-15-13(12-24)27-16(20(15,4)5)23-11-9-14(21)22-18(23)26;1-5-6-7-8-12(2)16(24)27-15-13(11-22)26-17(19(15,3)4)21-10-9-14(23)20-18(21)25/h9,11,13,15-16,24H,6-8,10,12H2,1-5H3,(H2,21,22,26);9-10,12-13,15,17,22H,5-8,11H2,1-4H3,(H,20,23,25)/t13-,15?,16-;12?,13-,15?,17-/m11/s1. The Morgan fingerprint density at radius 2 is 1.42 bits per heavy atom. The van der Waals surface area contributed by atoms with Gasteiger partial charge in [-0.1, -0.05) is 87.0 Å². The van der Waals surface area contributed by atoms with Gasteiger partial charge in [0.05, 0.1) is 24.5 Å². The summed E-state index contributed by atoms with van der Waals surface area (Å²) < 4.78 is 25.9. The number of anilines is 1. The Balaban J connectivity index is 0.000000296. The van der Waals surface area contributed by atoms with Crippen molar-refractivity contribution in [2.75, 3.05) is 18.9 Å². The highest BCUT2D eigenvalue weighted by Gasteiger charge is 2.55. The molecule has 55 heavy (non-hydrogen) atoms. The van der Waals surface area contributed by atoms with Crippen LogP contribution in [0.1, 0.15) is 126 Å². The summed E-state index contributed by atoms with van der Waals surface area (Å²) >= 11 is 0. The zero-order valence-electron chi connectivity index (χ0n) is 33.9. The lowest BCUT2D eigenvalue weighted by Crippen LogP contribution is -2.43. The first kappa shape index (κ1) is 45.5. The molecule has 2 aromatic heterocycles. The summed E-state index contributed by atoms with van der Waals surface area (Å²) in [6, 6.07) is 2.73. The van der Waals surface area contributed by atoms with Gasteiger partial charge in [-0.3, -0.25) is 28.5 Å². The zero-order chi connectivity index (χ0) is 41.3. The minimum absolute atomic E-state index is 0.118. The molecule has 5 N–H and O–H groups in total. The first-order valence-electron chi connectivity index (χ1n) is 19.4. The molecule has 16 heteroatoms. The van der Waals surface area contributed by atoms with Crippen molar-refractivity contribution in [3.63, 3.8) is 0 Å². The molecule has 0 aliphatic carbocycles. The number of aliphatic hydroxyl groups excluding tert-OH is 2. The normalized spacial score (nSPS) is 24.8. The van der Waals surface area contributed by atoms with Crippen LogP contribution in [0, 0.1) is 22.2 Å². The number of carbonyl (C=O) groups is 2. The Morgan fingerprint density at radius 1 is 0.891 bits per heavy atom. The quantitative estimate of drug-likeness (QED) is 0.141. The summed E-state index contributed by atoms with van der Waals surface area (Å²) in [6.07, 6.45) is 6.05. The smallest absolute Gasteiger partial charge is 0.351 e. The third-order valence-corrected chi connectivity index (χ3v) is 10.7. The molecule has 2 aliphatic rings. The number of aromatic nitrogens is 4. The van der Waals surface area contributed by atoms with Gasteiger partial charge in [0.25, 0.3) is 5.56 Å². The number of nitrogens with two attached hydrogens (primary N) is 1. The number of nitrogen functional groups attached to an aromatic ring is 1. The van der Waals surface area contributed by atoms with Crippen LogP contribution in [-0.4, -0.2) is 78.9 Å². The van der Waals surface area contributed by atoms with Crippen LogP contribution in [0.4, 0.5) is 5.82 Å². The number of H-pyrrole nitrogens is 1. The summed E-state index contributed by atoms with van der Waals surface area (Å²) in [6.45, 7) is 16.4. The second-order valence-corrected chi connectivity index (χ2v) is 16.5. The van der Waals surface area contributed by atoms with E-state index in [4.69, 9.17) is 24.7 Å². The molecule has 0 spiro atoms. The third kappa shape index (κ3) is 10.9. The zero-order valence-corrected chi connectivity index (χ0v) is 33.9. The second kappa shape index (κ2) is 19.3. The number of aliphatic hydroxyl groups is 2. The third-order valence-electron chi connectivity index (χ3n) is 10.7. The van der Waals surface area contributed by atoms with E-state index in [1.807, 2.05) is 48.5 Å². The molecule has 2 aliphatic heterocycles. The molecule has 0 saturated carbocycles. The number of nitrogens with one attached hydrogen (secondary N) is 1. The van der Waals surface area contributed by atoms with Gasteiger partial charge in [0.1, 0.15) is 42.7 Å². The van der Waals surface area contributed by atoms with Gasteiger partial charge >= 0.3 is 23.3 Å². The highest BCUT2D eigenvalue weighted by molar-refractivity contribution is 5.76. The Kier molecular flexibility index (Phi) is 16.0. The predicted octanol–water partition coefficient (Wildman–Crippen LogP) is 3.84. The van der Waals surface area contributed by atoms with Crippen molar-refractivity contribution in [1.29, 1.82) is 0 Å². The molecule has 16 nitrogen and oxygen atoms in total. The highest BCUT2D eigenvalue weighted by atomic mass is 16.6. The van der Waals surface area contributed by atoms with E-state index in [2.05, 4.69) is 23.8 Å². The maximum Gasteiger partial charge on any atom is 0.351 e. The first-order valence-corrected chi connectivity index (χ1v) is 19.4. The Labute approximate surface area is 322 Å². The fourth-order valence-corrected chi connectivity index (χ4v) is 7.11. The van der Waals surface area contributed by atoms with Crippen LogP contribution in [0.5, 0.6) is 0 Å². The number of hydrogen-bond acceptors (Lipinski definition) is 13. The lowest BCUT2D eigenvalue weighted by molar-refractivity contribution is -0.168. The molecule has 4 heterocycles. The van der Waals surface area contributed by atoms with Crippen molar-refractivity contribution >= 4 is 17.8 Å².